The van der Waals surface area contributed by atoms with Crippen LogP contribution in [0.15, 0.2) is 60.9 Å². The summed E-state index contributed by atoms with van der Waals surface area (Å²) >= 11 is 11.6. The molecule has 0 aliphatic heterocycles. The Bertz CT molecular complexity index is 866. The predicted octanol–water partition coefficient (Wildman–Crippen LogP) is 4.29. The van der Waals surface area contributed by atoms with Gasteiger partial charge in [0.25, 0.3) is 11.8 Å². The van der Waals surface area contributed by atoms with Crippen LogP contribution in [0, 0.1) is 0 Å². The summed E-state index contributed by atoms with van der Waals surface area (Å²) in [5.74, 6) is -0.271. The van der Waals surface area contributed by atoms with Crippen LogP contribution in [0.2, 0.25) is 10.0 Å². The maximum absolute atomic E-state index is 12.5. The van der Waals surface area contributed by atoms with Gasteiger partial charge in [-0.05, 0) is 36.4 Å². The molecule has 0 saturated heterocycles. The summed E-state index contributed by atoms with van der Waals surface area (Å²) in [5, 5.41) is 6.17. The Balaban J connectivity index is 1.80. The molecule has 2 aromatic heterocycles. The molecule has 2 amide bonds. The molecule has 3 aromatic rings. The standard InChI is InChI=1S/C18H12Cl2N4O2/c19-11-5-7-15(21-9-11)23-17(25)13-3-1-2-4-14(13)18(26)24-16-8-6-12(20)10-22-16/h1-10H,(H,21,23,25)(H,22,24,26). The fraction of sp³-hybridized carbons (Fsp3) is 0. The summed E-state index contributed by atoms with van der Waals surface area (Å²) < 4.78 is 0. The number of aromatic nitrogens is 2. The van der Waals surface area contributed by atoms with Crippen molar-refractivity contribution in [1.82, 2.24) is 9.97 Å². The van der Waals surface area contributed by atoms with Crippen LogP contribution in [0.25, 0.3) is 0 Å². The van der Waals surface area contributed by atoms with E-state index < -0.39 is 11.8 Å². The Morgan fingerprint density at radius 2 is 1.12 bits per heavy atom. The Labute approximate surface area is 159 Å². The van der Waals surface area contributed by atoms with Gasteiger partial charge in [0.2, 0.25) is 0 Å². The Hall–Kier alpha value is -2.96. The van der Waals surface area contributed by atoms with Crippen LogP contribution < -0.4 is 10.6 Å². The fourth-order valence-corrected chi connectivity index (χ4v) is 2.37. The molecule has 0 spiro atoms. The molecule has 1 aromatic carbocycles. The molecule has 0 saturated carbocycles. The van der Waals surface area contributed by atoms with Gasteiger partial charge < -0.3 is 10.6 Å². The van der Waals surface area contributed by atoms with Crippen LogP contribution in [-0.4, -0.2) is 21.8 Å². The normalized spacial score (nSPS) is 10.2. The number of amides is 2. The van der Waals surface area contributed by atoms with Crippen molar-refractivity contribution in [3.8, 4) is 0 Å². The summed E-state index contributed by atoms with van der Waals surface area (Å²) in [6, 6.07) is 12.8. The lowest BCUT2D eigenvalue weighted by Crippen LogP contribution is -2.20. The first kappa shape index (κ1) is 17.8. The third-order valence-electron chi connectivity index (χ3n) is 3.35. The molecule has 3 rings (SSSR count). The average molecular weight is 387 g/mol. The quantitative estimate of drug-likeness (QED) is 0.700. The molecule has 0 aliphatic carbocycles. The number of anilines is 2. The minimum Gasteiger partial charge on any atom is -0.307 e. The van der Waals surface area contributed by atoms with Crippen LogP contribution in [0.4, 0.5) is 11.6 Å². The molecule has 130 valence electrons. The Morgan fingerprint density at radius 3 is 1.46 bits per heavy atom. The van der Waals surface area contributed by atoms with E-state index in [1.165, 1.54) is 12.4 Å². The van der Waals surface area contributed by atoms with E-state index in [4.69, 9.17) is 23.2 Å². The second-order valence-corrected chi connectivity index (χ2v) is 6.05. The molecule has 0 aliphatic rings. The molecule has 0 unspecified atom stereocenters. The number of pyridine rings is 2. The summed E-state index contributed by atoms with van der Waals surface area (Å²) in [7, 11) is 0. The highest BCUT2D eigenvalue weighted by Gasteiger charge is 2.17. The van der Waals surface area contributed by atoms with Crippen molar-refractivity contribution < 1.29 is 9.59 Å². The van der Waals surface area contributed by atoms with Crippen molar-refractivity contribution in [3.63, 3.8) is 0 Å². The zero-order chi connectivity index (χ0) is 18.5. The van der Waals surface area contributed by atoms with E-state index in [1.807, 2.05) is 0 Å². The SMILES string of the molecule is O=C(Nc1ccc(Cl)cn1)c1ccccc1C(=O)Nc1ccc(Cl)cn1. The predicted molar refractivity (Wildman–Crippen MR) is 101 cm³/mol. The van der Waals surface area contributed by atoms with Gasteiger partial charge in [-0.1, -0.05) is 35.3 Å². The van der Waals surface area contributed by atoms with E-state index in [0.717, 1.165) is 0 Å². The van der Waals surface area contributed by atoms with Gasteiger partial charge in [-0.25, -0.2) is 9.97 Å². The summed E-state index contributed by atoms with van der Waals surface area (Å²) in [6.07, 6.45) is 2.84. The molecule has 8 heteroatoms. The van der Waals surface area contributed by atoms with Gasteiger partial charge >= 0.3 is 0 Å². The van der Waals surface area contributed by atoms with E-state index in [1.54, 1.807) is 48.5 Å². The van der Waals surface area contributed by atoms with Crippen LogP contribution >= 0.6 is 23.2 Å². The second kappa shape index (κ2) is 7.95. The number of rotatable bonds is 4. The van der Waals surface area contributed by atoms with Gasteiger partial charge in [0, 0.05) is 12.4 Å². The maximum Gasteiger partial charge on any atom is 0.257 e. The number of carbonyl (C=O) groups excluding carboxylic acids is 2. The number of hydrogen-bond donors (Lipinski definition) is 2. The highest BCUT2D eigenvalue weighted by Crippen LogP contribution is 2.16. The first-order valence-electron chi connectivity index (χ1n) is 7.48. The number of halogens is 2. The number of benzene rings is 1. The first-order chi connectivity index (χ1) is 12.5. The highest BCUT2D eigenvalue weighted by atomic mass is 35.5. The molecular formula is C18H12Cl2N4O2. The van der Waals surface area contributed by atoms with Gasteiger partial charge in [-0.2, -0.15) is 0 Å². The van der Waals surface area contributed by atoms with Crippen LogP contribution in [0.3, 0.4) is 0 Å². The van der Waals surface area contributed by atoms with Crippen LogP contribution in [-0.2, 0) is 0 Å². The minimum absolute atomic E-state index is 0.204. The lowest BCUT2D eigenvalue weighted by Gasteiger charge is -2.10. The van der Waals surface area contributed by atoms with Crippen molar-refractivity contribution >= 4 is 46.7 Å². The third-order valence-corrected chi connectivity index (χ3v) is 3.80. The molecule has 2 heterocycles. The van der Waals surface area contributed by atoms with Crippen molar-refractivity contribution in [1.29, 1.82) is 0 Å². The van der Waals surface area contributed by atoms with Crippen molar-refractivity contribution in [2.45, 2.75) is 0 Å². The fourth-order valence-electron chi connectivity index (χ4n) is 2.15. The Kier molecular flexibility index (Phi) is 5.46. The first-order valence-corrected chi connectivity index (χ1v) is 8.23. The van der Waals surface area contributed by atoms with Gasteiger partial charge in [0.15, 0.2) is 0 Å². The zero-order valence-electron chi connectivity index (χ0n) is 13.2. The van der Waals surface area contributed by atoms with Crippen molar-refractivity contribution in [2.24, 2.45) is 0 Å². The summed E-state index contributed by atoms with van der Waals surface area (Å²) in [5.41, 5.74) is 0.409. The second-order valence-electron chi connectivity index (χ2n) is 5.18. The molecule has 6 nitrogen and oxygen atoms in total. The van der Waals surface area contributed by atoms with E-state index in [-0.39, 0.29) is 11.1 Å². The smallest absolute Gasteiger partial charge is 0.257 e. The number of hydrogen-bond acceptors (Lipinski definition) is 4. The lowest BCUT2D eigenvalue weighted by atomic mass is 10.1. The van der Waals surface area contributed by atoms with Crippen LogP contribution in [0.1, 0.15) is 20.7 Å². The highest BCUT2D eigenvalue weighted by molar-refractivity contribution is 6.30. The van der Waals surface area contributed by atoms with E-state index in [0.29, 0.717) is 21.7 Å². The maximum atomic E-state index is 12.5. The average Bonchev–Trinajstić information content (AvgIpc) is 2.65. The van der Waals surface area contributed by atoms with Gasteiger partial charge in [-0.3, -0.25) is 9.59 Å². The summed E-state index contributed by atoms with van der Waals surface area (Å²) in [4.78, 5) is 33.1. The molecule has 26 heavy (non-hydrogen) atoms. The van der Waals surface area contributed by atoms with Crippen LogP contribution in [0.5, 0.6) is 0 Å². The molecule has 0 atom stereocenters. The zero-order valence-corrected chi connectivity index (χ0v) is 14.8. The molecule has 0 fully saturated rings. The third kappa shape index (κ3) is 4.36. The Morgan fingerprint density at radius 1 is 0.692 bits per heavy atom. The van der Waals surface area contributed by atoms with Crippen molar-refractivity contribution in [3.05, 3.63) is 82.1 Å². The van der Waals surface area contributed by atoms with Gasteiger partial charge in [0.1, 0.15) is 11.6 Å². The monoisotopic (exact) mass is 386 g/mol. The molecule has 0 radical (unpaired) electrons. The van der Waals surface area contributed by atoms with E-state index in [9.17, 15) is 9.59 Å². The van der Waals surface area contributed by atoms with E-state index in [2.05, 4.69) is 20.6 Å². The topological polar surface area (TPSA) is 84.0 Å². The molecule has 2 N–H and O–H groups in total. The number of nitrogens with one attached hydrogen (secondary N) is 2. The molecular weight excluding hydrogens is 375 g/mol. The van der Waals surface area contributed by atoms with Gasteiger partial charge in [0.05, 0.1) is 21.2 Å². The molecule has 0 bridgehead atoms. The largest absolute Gasteiger partial charge is 0.307 e. The summed E-state index contributed by atoms with van der Waals surface area (Å²) in [6.45, 7) is 0. The number of carbonyl (C=O) groups is 2. The lowest BCUT2D eigenvalue weighted by molar-refractivity contribution is 0.0990. The van der Waals surface area contributed by atoms with Gasteiger partial charge in [-0.15, -0.1) is 0 Å². The van der Waals surface area contributed by atoms with E-state index >= 15 is 0 Å². The van der Waals surface area contributed by atoms with Crippen molar-refractivity contribution in [2.75, 3.05) is 10.6 Å². The minimum atomic E-state index is -0.463. The number of nitrogens with zero attached hydrogens (tertiary/aromatic N) is 2.